The molecule has 1 saturated heterocycles. The SMILES string of the molecule is C[C@H](OS(=O)(O)=S)c1ccc(C(=O)ON2C(=O)CCC2=O)cc1. The Bertz CT molecular complexity index is 726. The van der Waals surface area contributed by atoms with E-state index in [-0.39, 0.29) is 18.4 Å². The predicted octanol–water partition coefficient (Wildman–Crippen LogP) is 1.12. The monoisotopic (exact) mass is 359 g/mol. The van der Waals surface area contributed by atoms with E-state index >= 15 is 0 Å². The summed E-state index contributed by atoms with van der Waals surface area (Å²) in [6.45, 7) is 1.52. The van der Waals surface area contributed by atoms with Crippen LogP contribution >= 0.6 is 0 Å². The van der Waals surface area contributed by atoms with Crippen molar-refractivity contribution >= 4 is 38.0 Å². The number of benzene rings is 1. The molecule has 1 heterocycles. The molecule has 0 bridgehead atoms. The number of hydroxylamine groups is 2. The van der Waals surface area contributed by atoms with Crippen molar-refractivity contribution in [1.29, 1.82) is 0 Å². The van der Waals surface area contributed by atoms with Crippen molar-refractivity contribution in [2.45, 2.75) is 25.9 Å². The molecule has 0 aromatic heterocycles. The van der Waals surface area contributed by atoms with Crippen LogP contribution in [-0.2, 0) is 38.9 Å². The summed E-state index contributed by atoms with van der Waals surface area (Å²) < 4.78 is 24.7. The average molecular weight is 359 g/mol. The number of imide groups is 1. The molecule has 1 aliphatic rings. The van der Waals surface area contributed by atoms with E-state index in [0.717, 1.165) is 0 Å². The molecule has 2 atom stereocenters. The first-order valence-corrected chi connectivity index (χ1v) is 8.87. The highest BCUT2D eigenvalue weighted by Gasteiger charge is 2.33. The first-order valence-electron chi connectivity index (χ1n) is 6.51. The van der Waals surface area contributed by atoms with Crippen molar-refractivity contribution in [2.75, 3.05) is 0 Å². The van der Waals surface area contributed by atoms with E-state index in [1.807, 2.05) is 0 Å². The molecule has 1 aliphatic heterocycles. The van der Waals surface area contributed by atoms with Gasteiger partial charge in [-0.15, -0.1) is 5.06 Å². The van der Waals surface area contributed by atoms with Crippen LogP contribution in [0.4, 0.5) is 0 Å². The normalized spacial score (nSPS) is 18.6. The Morgan fingerprint density at radius 2 is 1.78 bits per heavy atom. The highest BCUT2D eigenvalue weighted by atomic mass is 32.9. The van der Waals surface area contributed by atoms with Crippen molar-refractivity contribution in [3.05, 3.63) is 35.4 Å². The average Bonchev–Trinajstić information content (AvgIpc) is 2.77. The van der Waals surface area contributed by atoms with Crippen LogP contribution in [0.25, 0.3) is 0 Å². The summed E-state index contributed by atoms with van der Waals surface area (Å²) in [5.41, 5.74) is 0.623. The van der Waals surface area contributed by atoms with E-state index in [9.17, 15) is 18.6 Å². The molecule has 1 unspecified atom stereocenters. The second-order valence-electron chi connectivity index (χ2n) is 4.75. The molecular formula is C13H13NO7S2. The fourth-order valence-electron chi connectivity index (χ4n) is 1.92. The molecule has 8 nitrogen and oxygen atoms in total. The fraction of sp³-hybridized carbons (Fsp3) is 0.308. The van der Waals surface area contributed by atoms with Gasteiger partial charge in [-0.1, -0.05) is 12.1 Å². The van der Waals surface area contributed by atoms with Gasteiger partial charge in [0.2, 0.25) is 0 Å². The van der Waals surface area contributed by atoms with Crippen LogP contribution in [0, 0.1) is 0 Å². The van der Waals surface area contributed by atoms with Crippen LogP contribution in [0.5, 0.6) is 0 Å². The van der Waals surface area contributed by atoms with Gasteiger partial charge in [-0.2, -0.15) is 4.21 Å². The highest BCUT2D eigenvalue weighted by molar-refractivity contribution is 8.27. The first-order chi connectivity index (χ1) is 10.7. The van der Waals surface area contributed by atoms with Crippen molar-refractivity contribution in [2.24, 2.45) is 0 Å². The molecule has 0 saturated carbocycles. The molecule has 2 amide bonds. The lowest BCUT2D eigenvalue weighted by Gasteiger charge is -2.14. The molecule has 1 fully saturated rings. The van der Waals surface area contributed by atoms with Crippen LogP contribution in [0.3, 0.4) is 0 Å². The molecule has 0 radical (unpaired) electrons. The van der Waals surface area contributed by atoms with Crippen molar-refractivity contribution < 1.29 is 32.2 Å². The number of carbonyl (C=O) groups is 3. The lowest BCUT2D eigenvalue weighted by molar-refractivity contribution is -0.172. The molecule has 1 aromatic carbocycles. The Labute approximate surface area is 137 Å². The van der Waals surface area contributed by atoms with E-state index in [0.29, 0.717) is 10.6 Å². The quantitative estimate of drug-likeness (QED) is 0.779. The summed E-state index contributed by atoms with van der Waals surface area (Å²) in [5, 5.41) is 0.458. The standard InChI is InChI=1S/C13H13NO7S2/c1-8(21-23(18,19)22)9-2-4-10(5-3-9)13(17)20-14-11(15)6-7-12(14)16/h2-5,8H,6-7H2,1H3,(H,18,19,22)/t8-/m0/s1. The lowest BCUT2D eigenvalue weighted by Crippen LogP contribution is -2.32. The topological polar surface area (TPSA) is 110 Å². The third-order valence-electron chi connectivity index (χ3n) is 3.06. The maximum Gasteiger partial charge on any atom is 0.363 e. The number of rotatable bonds is 5. The third-order valence-corrected chi connectivity index (χ3v) is 3.83. The molecule has 10 heteroatoms. The van der Waals surface area contributed by atoms with Crippen LogP contribution in [-0.4, -0.2) is 31.6 Å². The maximum atomic E-state index is 11.9. The van der Waals surface area contributed by atoms with Gasteiger partial charge in [0.25, 0.3) is 20.9 Å². The zero-order chi connectivity index (χ0) is 17.2. The molecule has 124 valence electrons. The van der Waals surface area contributed by atoms with Crippen LogP contribution in [0.2, 0.25) is 0 Å². The van der Waals surface area contributed by atoms with Gasteiger partial charge >= 0.3 is 5.97 Å². The minimum Gasteiger partial charge on any atom is -0.325 e. The predicted molar refractivity (Wildman–Crippen MR) is 80.6 cm³/mol. The van der Waals surface area contributed by atoms with Gasteiger partial charge in [0.1, 0.15) is 0 Å². The lowest BCUT2D eigenvalue weighted by atomic mass is 10.1. The third kappa shape index (κ3) is 4.55. The second kappa shape index (κ2) is 6.71. The Hall–Kier alpha value is -1.88. The van der Waals surface area contributed by atoms with E-state index in [2.05, 4.69) is 11.2 Å². The number of amides is 2. The summed E-state index contributed by atoms with van der Waals surface area (Å²) in [6.07, 6.45) is -0.722. The number of hydrogen-bond acceptors (Lipinski definition) is 7. The number of hydrogen-bond donors (Lipinski definition) is 1. The van der Waals surface area contributed by atoms with Crippen LogP contribution < -0.4 is 0 Å². The van der Waals surface area contributed by atoms with Gasteiger partial charge in [-0.05, 0) is 24.6 Å². The van der Waals surface area contributed by atoms with Gasteiger partial charge in [0.05, 0.1) is 11.7 Å². The molecule has 23 heavy (non-hydrogen) atoms. The number of nitrogens with zero attached hydrogens (tertiary/aromatic N) is 1. The van der Waals surface area contributed by atoms with Crippen LogP contribution in [0.1, 0.15) is 41.8 Å². The summed E-state index contributed by atoms with van der Waals surface area (Å²) >= 11 is 4.25. The zero-order valence-corrected chi connectivity index (χ0v) is 13.6. The Kier molecular flexibility index (Phi) is 5.09. The molecular weight excluding hydrogens is 346 g/mol. The van der Waals surface area contributed by atoms with Gasteiger partial charge in [-0.25, -0.2) is 4.79 Å². The Morgan fingerprint density at radius 1 is 1.26 bits per heavy atom. The molecule has 0 aliphatic carbocycles. The zero-order valence-electron chi connectivity index (χ0n) is 12.0. The molecule has 1 aromatic rings. The summed E-state index contributed by atoms with van der Waals surface area (Å²) in [4.78, 5) is 39.4. The number of carbonyl (C=O) groups excluding carboxylic acids is 3. The Morgan fingerprint density at radius 3 is 2.26 bits per heavy atom. The summed E-state index contributed by atoms with van der Waals surface area (Å²) in [5.74, 6) is -1.99. The van der Waals surface area contributed by atoms with E-state index < -0.39 is 32.9 Å². The second-order valence-corrected chi connectivity index (χ2v) is 7.06. The van der Waals surface area contributed by atoms with Crippen molar-refractivity contribution in [3.63, 3.8) is 0 Å². The molecule has 2 rings (SSSR count). The van der Waals surface area contributed by atoms with Gasteiger partial charge in [0, 0.05) is 24.0 Å². The first kappa shape index (κ1) is 17.5. The largest absolute Gasteiger partial charge is 0.363 e. The van der Waals surface area contributed by atoms with E-state index in [4.69, 9.17) is 13.6 Å². The minimum atomic E-state index is -3.77. The molecule has 0 spiro atoms. The van der Waals surface area contributed by atoms with E-state index in [1.54, 1.807) is 0 Å². The highest BCUT2D eigenvalue weighted by Crippen LogP contribution is 2.20. The van der Waals surface area contributed by atoms with Crippen molar-refractivity contribution in [1.82, 2.24) is 5.06 Å². The molecule has 1 N–H and O–H groups in total. The maximum absolute atomic E-state index is 11.9. The van der Waals surface area contributed by atoms with Crippen LogP contribution in [0.15, 0.2) is 24.3 Å². The van der Waals surface area contributed by atoms with Gasteiger partial charge in [-0.3, -0.25) is 18.3 Å². The van der Waals surface area contributed by atoms with Gasteiger partial charge < -0.3 is 4.84 Å². The van der Waals surface area contributed by atoms with Gasteiger partial charge in [0.15, 0.2) is 0 Å². The smallest absolute Gasteiger partial charge is 0.325 e. The summed E-state index contributed by atoms with van der Waals surface area (Å²) in [7, 11) is -3.77. The van der Waals surface area contributed by atoms with Crippen molar-refractivity contribution in [3.8, 4) is 0 Å². The Balaban J connectivity index is 2.05. The summed E-state index contributed by atoms with van der Waals surface area (Å²) in [6, 6.07) is 5.72. The van der Waals surface area contributed by atoms with E-state index in [1.165, 1.54) is 31.2 Å². The fourth-order valence-corrected chi connectivity index (χ4v) is 2.75. The minimum absolute atomic E-state index is 0.0153.